The van der Waals surface area contributed by atoms with Crippen LogP contribution in [0.1, 0.15) is 5.56 Å². The number of rotatable bonds is 3. The fourth-order valence-electron chi connectivity index (χ4n) is 1.46. The Labute approximate surface area is 106 Å². The number of hydrogen-bond donors (Lipinski definition) is 1. The average Bonchev–Trinajstić information content (AvgIpc) is 2.36. The van der Waals surface area contributed by atoms with Crippen LogP contribution < -0.4 is 10.5 Å². The third-order valence-electron chi connectivity index (χ3n) is 2.44. The summed E-state index contributed by atoms with van der Waals surface area (Å²) in [6.07, 6.45) is 0. The van der Waals surface area contributed by atoms with Crippen molar-refractivity contribution in [2.45, 2.75) is 6.61 Å². The molecule has 0 aliphatic carbocycles. The molecule has 0 fully saturated rings. The minimum absolute atomic E-state index is 0.100. The summed E-state index contributed by atoms with van der Waals surface area (Å²) in [5, 5.41) is 0. The zero-order valence-electron chi connectivity index (χ0n) is 9.59. The molecular formula is C13H9F4NO. The Morgan fingerprint density at radius 1 is 0.895 bits per heavy atom. The van der Waals surface area contributed by atoms with E-state index in [-0.39, 0.29) is 11.3 Å². The van der Waals surface area contributed by atoms with Gasteiger partial charge in [0.2, 0.25) is 0 Å². The van der Waals surface area contributed by atoms with Crippen molar-refractivity contribution in [3.8, 4) is 5.75 Å². The first kappa shape index (κ1) is 13.2. The van der Waals surface area contributed by atoms with Gasteiger partial charge in [0.1, 0.15) is 24.1 Å². The maximum absolute atomic E-state index is 13.4. The van der Waals surface area contributed by atoms with Gasteiger partial charge >= 0.3 is 0 Å². The molecule has 0 unspecified atom stereocenters. The van der Waals surface area contributed by atoms with Gasteiger partial charge in [-0.05, 0) is 18.2 Å². The minimum Gasteiger partial charge on any atom is -0.486 e. The van der Waals surface area contributed by atoms with Crippen LogP contribution in [0.5, 0.6) is 5.75 Å². The van der Waals surface area contributed by atoms with Gasteiger partial charge < -0.3 is 10.5 Å². The van der Waals surface area contributed by atoms with Crippen molar-refractivity contribution in [2.75, 3.05) is 5.73 Å². The molecule has 2 aromatic rings. The molecule has 0 aliphatic rings. The lowest BCUT2D eigenvalue weighted by Gasteiger charge is -2.09. The molecule has 2 aromatic carbocycles. The Kier molecular flexibility index (Phi) is 3.59. The second-order valence-electron chi connectivity index (χ2n) is 3.83. The standard InChI is InChI=1S/C13H9F4NO/c14-8-1-2-9(15)7(3-8)6-19-13-5-10(16)12(18)4-11(13)17/h1-5H,6,18H2. The minimum atomic E-state index is -0.879. The van der Waals surface area contributed by atoms with Gasteiger partial charge in [0.15, 0.2) is 11.6 Å². The summed E-state index contributed by atoms with van der Waals surface area (Å²) in [5.74, 6) is -3.50. The fourth-order valence-corrected chi connectivity index (χ4v) is 1.46. The number of halogens is 4. The SMILES string of the molecule is Nc1cc(F)c(OCc2cc(F)ccc2F)cc1F. The molecule has 0 spiro atoms. The predicted octanol–water partition coefficient (Wildman–Crippen LogP) is 3.40. The van der Waals surface area contributed by atoms with Crippen molar-refractivity contribution in [1.29, 1.82) is 0 Å². The van der Waals surface area contributed by atoms with E-state index in [9.17, 15) is 17.6 Å². The molecule has 0 saturated heterocycles. The lowest BCUT2D eigenvalue weighted by atomic mass is 10.2. The maximum atomic E-state index is 13.4. The predicted molar refractivity (Wildman–Crippen MR) is 61.5 cm³/mol. The van der Waals surface area contributed by atoms with Crippen molar-refractivity contribution in [2.24, 2.45) is 0 Å². The van der Waals surface area contributed by atoms with Crippen molar-refractivity contribution < 1.29 is 22.3 Å². The van der Waals surface area contributed by atoms with E-state index in [1.807, 2.05) is 0 Å². The Bertz CT molecular complexity index is 616. The van der Waals surface area contributed by atoms with Crippen molar-refractivity contribution >= 4 is 5.69 Å². The van der Waals surface area contributed by atoms with Crippen LogP contribution in [-0.4, -0.2) is 0 Å². The molecule has 2 nitrogen and oxygen atoms in total. The highest BCUT2D eigenvalue weighted by Gasteiger charge is 2.11. The first-order chi connectivity index (χ1) is 8.97. The summed E-state index contributed by atoms with van der Waals surface area (Å²) in [6.45, 7) is -0.427. The quantitative estimate of drug-likeness (QED) is 0.686. The van der Waals surface area contributed by atoms with Crippen molar-refractivity contribution in [1.82, 2.24) is 0 Å². The van der Waals surface area contributed by atoms with E-state index in [4.69, 9.17) is 10.5 Å². The van der Waals surface area contributed by atoms with Gasteiger partial charge in [-0.15, -0.1) is 0 Å². The van der Waals surface area contributed by atoms with Crippen LogP contribution in [0.25, 0.3) is 0 Å². The normalized spacial score (nSPS) is 10.5. The molecule has 6 heteroatoms. The van der Waals surface area contributed by atoms with Gasteiger partial charge in [0.05, 0.1) is 5.69 Å². The van der Waals surface area contributed by atoms with Crippen LogP contribution in [0.4, 0.5) is 23.2 Å². The molecule has 0 amide bonds. The van der Waals surface area contributed by atoms with E-state index in [2.05, 4.69) is 0 Å². The molecule has 2 rings (SSSR count). The Morgan fingerprint density at radius 2 is 1.63 bits per heavy atom. The van der Waals surface area contributed by atoms with Crippen LogP contribution in [0.3, 0.4) is 0 Å². The lowest BCUT2D eigenvalue weighted by Crippen LogP contribution is -2.02. The lowest BCUT2D eigenvalue weighted by molar-refractivity contribution is 0.282. The smallest absolute Gasteiger partial charge is 0.167 e. The van der Waals surface area contributed by atoms with E-state index in [1.54, 1.807) is 0 Å². The molecule has 0 aliphatic heterocycles. The largest absolute Gasteiger partial charge is 0.486 e. The molecule has 0 saturated carbocycles. The molecule has 0 aromatic heterocycles. The molecule has 0 heterocycles. The molecular weight excluding hydrogens is 262 g/mol. The first-order valence-electron chi connectivity index (χ1n) is 5.28. The second-order valence-corrected chi connectivity index (χ2v) is 3.83. The number of ether oxygens (including phenoxy) is 1. The monoisotopic (exact) mass is 271 g/mol. The van der Waals surface area contributed by atoms with Crippen LogP contribution in [0, 0.1) is 23.3 Å². The molecule has 0 radical (unpaired) electrons. The number of nitrogens with two attached hydrogens (primary N) is 1. The summed E-state index contributed by atoms with van der Waals surface area (Å²) in [6, 6.07) is 4.30. The zero-order valence-corrected chi connectivity index (χ0v) is 9.59. The number of nitrogen functional groups attached to an aromatic ring is 1. The van der Waals surface area contributed by atoms with E-state index < -0.39 is 35.6 Å². The zero-order chi connectivity index (χ0) is 14.0. The van der Waals surface area contributed by atoms with Crippen LogP contribution in [-0.2, 0) is 6.61 Å². The van der Waals surface area contributed by atoms with E-state index >= 15 is 0 Å². The van der Waals surface area contributed by atoms with E-state index in [0.29, 0.717) is 0 Å². The Balaban J connectivity index is 2.19. The fraction of sp³-hybridized carbons (Fsp3) is 0.0769. The Morgan fingerprint density at radius 3 is 2.37 bits per heavy atom. The van der Waals surface area contributed by atoms with Gasteiger partial charge in [0, 0.05) is 17.7 Å². The van der Waals surface area contributed by atoms with Crippen LogP contribution in [0.2, 0.25) is 0 Å². The van der Waals surface area contributed by atoms with Crippen molar-refractivity contribution in [3.05, 3.63) is 59.2 Å². The van der Waals surface area contributed by atoms with E-state index in [1.165, 1.54) is 0 Å². The third kappa shape index (κ3) is 2.96. The summed E-state index contributed by atoms with van der Waals surface area (Å²) < 4.78 is 57.6. The molecule has 0 bridgehead atoms. The van der Waals surface area contributed by atoms with E-state index in [0.717, 1.165) is 30.3 Å². The van der Waals surface area contributed by atoms with Gasteiger partial charge in [-0.25, -0.2) is 17.6 Å². The van der Waals surface area contributed by atoms with Crippen molar-refractivity contribution in [3.63, 3.8) is 0 Å². The average molecular weight is 271 g/mol. The molecule has 19 heavy (non-hydrogen) atoms. The number of benzene rings is 2. The molecule has 100 valence electrons. The topological polar surface area (TPSA) is 35.2 Å². The molecule has 0 atom stereocenters. The third-order valence-corrected chi connectivity index (χ3v) is 2.44. The van der Waals surface area contributed by atoms with Gasteiger partial charge in [-0.3, -0.25) is 0 Å². The summed E-state index contributed by atoms with van der Waals surface area (Å²) in [7, 11) is 0. The van der Waals surface area contributed by atoms with Gasteiger partial charge in [-0.2, -0.15) is 0 Å². The Hall–Kier alpha value is -2.24. The van der Waals surface area contributed by atoms with Crippen LogP contribution >= 0.6 is 0 Å². The summed E-state index contributed by atoms with van der Waals surface area (Å²) >= 11 is 0. The first-order valence-corrected chi connectivity index (χ1v) is 5.28. The second kappa shape index (κ2) is 5.17. The highest BCUT2D eigenvalue weighted by Crippen LogP contribution is 2.24. The summed E-state index contributed by atoms with van der Waals surface area (Å²) in [5.41, 5.74) is 4.70. The number of anilines is 1. The highest BCUT2D eigenvalue weighted by atomic mass is 19.1. The number of hydrogen-bond acceptors (Lipinski definition) is 2. The summed E-state index contributed by atoms with van der Waals surface area (Å²) in [4.78, 5) is 0. The highest BCUT2D eigenvalue weighted by molar-refractivity contribution is 5.44. The van der Waals surface area contributed by atoms with Crippen LogP contribution in [0.15, 0.2) is 30.3 Å². The maximum Gasteiger partial charge on any atom is 0.167 e. The van der Waals surface area contributed by atoms with Gasteiger partial charge in [-0.1, -0.05) is 0 Å². The van der Waals surface area contributed by atoms with Gasteiger partial charge in [0.25, 0.3) is 0 Å². The molecule has 2 N–H and O–H groups in total.